The molecule has 11 heteroatoms. The van der Waals surface area contributed by atoms with Crippen molar-refractivity contribution in [3.8, 4) is 11.5 Å². The number of carbonyl (C=O) groups is 2. The molecule has 3 aromatic rings. The van der Waals surface area contributed by atoms with Crippen molar-refractivity contribution in [2.24, 2.45) is 5.10 Å². The van der Waals surface area contributed by atoms with Crippen LogP contribution < -0.4 is 9.47 Å². The summed E-state index contributed by atoms with van der Waals surface area (Å²) in [6.07, 6.45) is 0.318. The Morgan fingerprint density at radius 1 is 1.05 bits per heavy atom. The lowest BCUT2D eigenvalue weighted by Gasteiger charge is -2.31. The fraction of sp³-hybridized carbons (Fsp3) is 0.345. The molecule has 4 heterocycles. The van der Waals surface area contributed by atoms with Crippen molar-refractivity contribution in [3.63, 3.8) is 0 Å². The Morgan fingerprint density at radius 2 is 1.88 bits per heavy atom. The van der Waals surface area contributed by atoms with Gasteiger partial charge in [0.2, 0.25) is 6.79 Å². The number of halogens is 1. The highest BCUT2D eigenvalue weighted by Crippen LogP contribution is 2.39. The second kappa shape index (κ2) is 11.7. The Labute approximate surface area is 235 Å². The molecule has 1 saturated heterocycles. The van der Waals surface area contributed by atoms with Crippen LogP contribution in [0.2, 0.25) is 0 Å². The van der Waals surface area contributed by atoms with E-state index in [9.17, 15) is 14.0 Å². The number of fused-ring (bicyclic) bond motifs is 1. The molecule has 1 fully saturated rings. The second-order valence-corrected chi connectivity index (χ2v) is 10.7. The van der Waals surface area contributed by atoms with E-state index in [-0.39, 0.29) is 25.2 Å². The van der Waals surface area contributed by atoms with E-state index < -0.39 is 11.9 Å². The summed E-state index contributed by atoms with van der Waals surface area (Å²) in [5, 5.41) is 7.86. The van der Waals surface area contributed by atoms with Crippen LogP contribution in [0.5, 0.6) is 11.5 Å². The van der Waals surface area contributed by atoms with Gasteiger partial charge < -0.3 is 19.1 Å². The van der Waals surface area contributed by atoms with Crippen molar-refractivity contribution < 1.29 is 28.2 Å². The van der Waals surface area contributed by atoms with Gasteiger partial charge in [0.1, 0.15) is 12.4 Å². The van der Waals surface area contributed by atoms with Crippen LogP contribution in [0.3, 0.4) is 0 Å². The number of morpholine rings is 1. The Balaban J connectivity index is 1.27. The molecular weight excluding hydrogens is 535 g/mol. The largest absolute Gasteiger partial charge is 0.454 e. The average Bonchev–Trinajstić information content (AvgIpc) is 3.76. The fourth-order valence-electron chi connectivity index (χ4n) is 5.11. The van der Waals surface area contributed by atoms with Gasteiger partial charge in [-0.3, -0.25) is 14.5 Å². The maximum absolute atomic E-state index is 14.7. The van der Waals surface area contributed by atoms with Crippen LogP contribution in [0.15, 0.2) is 65.1 Å². The minimum Gasteiger partial charge on any atom is -0.454 e. The molecule has 6 rings (SSSR count). The number of hydrazone groups is 1. The zero-order valence-corrected chi connectivity index (χ0v) is 22.6. The van der Waals surface area contributed by atoms with Crippen molar-refractivity contribution in [3.05, 3.63) is 81.8 Å². The number of rotatable bonds is 8. The molecule has 0 bridgehead atoms. The van der Waals surface area contributed by atoms with E-state index in [1.54, 1.807) is 35.2 Å². The first kappa shape index (κ1) is 26.4. The Kier molecular flexibility index (Phi) is 7.76. The summed E-state index contributed by atoms with van der Waals surface area (Å²) < 4.78 is 31.2. The van der Waals surface area contributed by atoms with Crippen LogP contribution in [-0.4, -0.2) is 85.1 Å². The van der Waals surface area contributed by atoms with Crippen LogP contribution in [0.4, 0.5) is 4.39 Å². The molecule has 0 spiro atoms. The van der Waals surface area contributed by atoms with E-state index in [1.807, 2.05) is 23.6 Å². The molecule has 2 aromatic carbocycles. The molecule has 3 aliphatic rings. The van der Waals surface area contributed by atoms with Gasteiger partial charge >= 0.3 is 0 Å². The number of nitrogens with zero attached hydrogens (tertiary/aromatic N) is 4. The molecule has 0 radical (unpaired) electrons. The van der Waals surface area contributed by atoms with Gasteiger partial charge in [0.25, 0.3) is 11.8 Å². The molecule has 1 atom stereocenters. The normalized spacial score (nSPS) is 18.6. The lowest BCUT2D eigenvalue weighted by atomic mass is 9.97. The SMILES string of the molecule is O=C(c1cccs1)N(CCN1CCOCC1)CC(=O)N1N=C(c2ccccc2F)C[C@@H]1c1ccc2c(c1)OCO2. The van der Waals surface area contributed by atoms with Crippen molar-refractivity contribution >= 4 is 28.9 Å². The van der Waals surface area contributed by atoms with Crippen LogP contribution in [0, 0.1) is 5.82 Å². The molecule has 0 saturated carbocycles. The third-order valence-corrected chi connectivity index (χ3v) is 8.13. The van der Waals surface area contributed by atoms with E-state index in [2.05, 4.69) is 10.0 Å². The number of amides is 2. The number of ether oxygens (including phenoxy) is 3. The van der Waals surface area contributed by atoms with Crippen LogP contribution >= 0.6 is 11.3 Å². The highest BCUT2D eigenvalue weighted by Gasteiger charge is 2.36. The van der Waals surface area contributed by atoms with Crippen LogP contribution in [0.1, 0.15) is 33.3 Å². The third-order valence-electron chi connectivity index (χ3n) is 7.27. The highest BCUT2D eigenvalue weighted by atomic mass is 32.1. The van der Waals surface area contributed by atoms with Crippen molar-refractivity contribution in [2.45, 2.75) is 12.5 Å². The maximum atomic E-state index is 14.7. The van der Waals surface area contributed by atoms with E-state index in [4.69, 9.17) is 14.2 Å². The maximum Gasteiger partial charge on any atom is 0.264 e. The minimum absolute atomic E-state index is 0.131. The lowest BCUT2D eigenvalue weighted by molar-refractivity contribution is -0.133. The number of hydrogen-bond acceptors (Lipinski definition) is 8. The summed E-state index contributed by atoms with van der Waals surface area (Å²) in [6, 6.07) is 15.0. The van der Waals surface area contributed by atoms with Crippen molar-refractivity contribution in [1.82, 2.24) is 14.8 Å². The van der Waals surface area contributed by atoms with Gasteiger partial charge in [-0.25, -0.2) is 9.40 Å². The zero-order chi connectivity index (χ0) is 27.5. The lowest BCUT2D eigenvalue weighted by Crippen LogP contribution is -2.46. The van der Waals surface area contributed by atoms with E-state index in [0.29, 0.717) is 60.4 Å². The molecule has 0 N–H and O–H groups in total. The van der Waals surface area contributed by atoms with Crippen molar-refractivity contribution in [2.75, 3.05) is 52.7 Å². The first-order chi connectivity index (χ1) is 19.6. The molecule has 208 valence electrons. The molecule has 9 nitrogen and oxygen atoms in total. The van der Waals surface area contributed by atoms with Gasteiger partial charge in [-0.05, 0) is 35.2 Å². The summed E-state index contributed by atoms with van der Waals surface area (Å²) in [5.74, 6) is 0.268. The zero-order valence-electron chi connectivity index (χ0n) is 21.8. The van der Waals surface area contributed by atoms with E-state index in [0.717, 1.165) is 18.7 Å². The van der Waals surface area contributed by atoms with Gasteiger partial charge in [0, 0.05) is 38.2 Å². The van der Waals surface area contributed by atoms with Crippen LogP contribution in [-0.2, 0) is 9.53 Å². The topological polar surface area (TPSA) is 83.9 Å². The van der Waals surface area contributed by atoms with Gasteiger partial charge in [0.15, 0.2) is 11.5 Å². The van der Waals surface area contributed by atoms with Crippen molar-refractivity contribution in [1.29, 1.82) is 0 Å². The number of hydrogen-bond donors (Lipinski definition) is 0. The first-order valence-corrected chi connectivity index (χ1v) is 14.1. The average molecular weight is 565 g/mol. The summed E-state index contributed by atoms with van der Waals surface area (Å²) >= 11 is 1.34. The molecule has 40 heavy (non-hydrogen) atoms. The monoisotopic (exact) mass is 564 g/mol. The van der Waals surface area contributed by atoms with Gasteiger partial charge in [0.05, 0.1) is 29.8 Å². The fourth-order valence-corrected chi connectivity index (χ4v) is 5.80. The minimum atomic E-state index is -0.491. The van der Waals surface area contributed by atoms with Crippen LogP contribution in [0.25, 0.3) is 0 Å². The van der Waals surface area contributed by atoms with E-state index in [1.165, 1.54) is 22.4 Å². The Bertz CT molecular complexity index is 1410. The molecule has 3 aliphatic heterocycles. The standard InChI is InChI=1S/C29H29FN4O5S/c30-22-5-2-1-4-21(22)23-17-24(20-7-8-25-26(16-20)39-19-38-25)34(31-23)28(35)18-33(29(36)27-6-3-15-40-27)10-9-32-11-13-37-14-12-32/h1-8,15-16,24H,9-14,17-19H2/t24-/m1/s1. The summed E-state index contributed by atoms with van der Waals surface area (Å²) in [6.45, 7) is 3.85. The van der Waals surface area contributed by atoms with E-state index >= 15 is 0 Å². The quantitative estimate of drug-likeness (QED) is 0.414. The smallest absolute Gasteiger partial charge is 0.264 e. The molecule has 0 aliphatic carbocycles. The predicted octanol–water partition coefficient (Wildman–Crippen LogP) is 3.77. The first-order valence-electron chi connectivity index (χ1n) is 13.2. The van der Waals surface area contributed by atoms with Gasteiger partial charge in [-0.2, -0.15) is 5.10 Å². The second-order valence-electron chi connectivity index (χ2n) is 9.76. The number of thiophene rings is 1. The number of benzene rings is 2. The molecular formula is C29H29FN4O5S. The Morgan fingerprint density at radius 3 is 2.67 bits per heavy atom. The van der Waals surface area contributed by atoms with Gasteiger partial charge in [-0.1, -0.05) is 30.3 Å². The number of carbonyl (C=O) groups excluding carboxylic acids is 2. The highest BCUT2D eigenvalue weighted by molar-refractivity contribution is 7.12. The molecule has 1 aromatic heterocycles. The molecule has 0 unspecified atom stereocenters. The third kappa shape index (κ3) is 5.58. The molecule has 2 amide bonds. The predicted molar refractivity (Wildman–Crippen MR) is 147 cm³/mol. The summed E-state index contributed by atoms with van der Waals surface area (Å²) in [7, 11) is 0. The van der Waals surface area contributed by atoms with Gasteiger partial charge in [-0.15, -0.1) is 11.3 Å². The Hall–Kier alpha value is -3.80. The summed E-state index contributed by atoms with van der Waals surface area (Å²) in [5.41, 5.74) is 1.61. The summed E-state index contributed by atoms with van der Waals surface area (Å²) in [4.78, 5) is 31.7.